The maximum absolute atomic E-state index is 12.8. The Balaban J connectivity index is 0.000000806. The van der Waals surface area contributed by atoms with E-state index in [4.69, 9.17) is 28.9 Å². The lowest BCUT2D eigenvalue weighted by Crippen LogP contribution is -2.40. The van der Waals surface area contributed by atoms with Crippen LogP contribution >= 0.6 is 23.2 Å². The SMILES string of the molecule is ClCCl.N#C[C@@]1(C(N)=O)C(c2ccccc2)=C(c2ccccc2)C2=CC=CC=C[C@H]21. The van der Waals surface area contributed by atoms with E-state index in [1.807, 2.05) is 91.0 Å². The number of hydrogen-bond donors (Lipinski definition) is 1. The zero-order valence-electron chi connectivity index (χ0n) is 16.1. The number of amides is 1. The fourth-order valence-electron chi connectivity index (χ4n) is 4.07. The molecule has 1 amide bonds. The molecule has 0 aromatic heterocycles. The fourth-order valence-corrected chi connectivity index (χ4v) is 4.07. The third kappa shape index (κ3) is 3.73. The predicted octanol–water partition coefficient (Wildman–Crippen LogP) is 5.70. The van der Waals surface area contributed by atoms with Crippen LogP contribution in [0, 0.1) is 22.7 Å². The molecule has 2 N–H and O–H groups in total. The molecule has 0 aliphatic heterocycles. The smallest absolute Gasteiger partial charge is 0.243 e. The van der Waals surface area contributed by atoms with Crippen molar-refractivity contribution >= 4 is 40.3 Å². The average Bonchev–Trinajstić information content (AvgIpc) is 2.88. The topological polar surface area (TPSA) is 66.9 Å². The minimum Gasteiger partial charge on any atom is -0.368 e. The molecular weight excluding hydrogens is 415 g/mol. The van der Waals surface area contributed by atoms with Gasteiger partial charge in [-0.1, -0.05) is 91.0 Å². The van der Waals surface area contributed by atoms with Crippen LogP contribution in [0.4, 0.5) is 0 Å². The summed E-state index contributed by atoms with van der Waals surface area (Å²) in [7, 11) is 0. The monoisotopic (exact) mass is 434 g/mol. The van der Waals surface area contributed by atoms with Crippen molar-refractivity contribution in [3.05, 3.63) is 108 Å². The maximum Gasteiger partial charge on any atom is 0.243 e. The van der Waals surface area contributed by atoms with E-state index in [-0.39, 0.29) is 5.34 Å². The van der Waals surface area contributed by atoms with Crippen LogP contribution in [0.1, 0.15) is 11.1 Å². The number of halogens is 2. The summed E-state index contributed by atoms with van der Waals surface area (Å²) in [5.41, 5.74) is 8.76. The number of benzene rings is 2. The van der Waals surface area contributed by atoms with E-state index in [0.29, 0.717) is 5.57 Å². The molecule has 0 radical (unpaired) electrons. The van der Waals surface area contributed by atoms with E-state index in [0.717, 1.165) is 22.3 Å². The van der Waals surface area contributed by atoms with Gasteiger partial charge in [-0.2, -0.15) is 5.26 Å². The Morgan fingerprint density at radius 2 is 1.53 bits per heavy atom. The van der Waals surface area contributed by atoms with Gasteiger partial charge >= 0.3 is 0 Å². The van der Waals surface area contributed by atoms with Gasteiger partial charge in [0.05, 0.1) is 11.4 Å². The van der Waals surface area contributed by atoms with Crippen molar-refractivity contribution in [2.24, 2.45) is 17.1 Å². The van der Waals surface area contributed by atoms with Gasteiger partial charge in [0.1, 0.15) is 0 Å². The third-order valence-electron chi connectivity index (χ3n) is 5.23. The standard InChI is InChI=1S/C24H18N2O.CH2Cl2/c25-16-24(23(26)27)20-15-9-3-8-14-19(20)21(17-10-4-1-5-11-17)22(24)18-12-6-2-7-13-18;2-1-3/h1-15,20H,(H2,26,27);1H2/t20-,24+;/m1./s1. The number of allylic oxidation sites excluding steroid dienone is 7. The van der Waals surface area contributed by atoms with Gasteiger partial charge in [-0.3, -0.25) is 4.79 Å². The number of nitrogens with zero attached hydrogens (tertiary/aromatic N) is 1. The number of primary amides is 1. The molecule has 0 spiro atoms. The molecule has 0 saturated heterocycles. The first-order valence-electron chi connectivity index (χ1n) is 9.35. The van der Waals surface area contributed by atoms with Crippen molar-refractivity contribution in [1.82, 2.24) is 0 Å². The van der Waals surface area contributed by atoms with Crippen molar-refractivity contribution in [3.63, 3.8) is 0 Å². The zero-order chi connectivity index (χ0) is 21.6. The number of nitriles is 1. The van der Waals surface area contributed by atoms with Gasteiger partial charge < -0.3 is 5.73 Å². The molecule has 0 fully saturated rings. The lowest BCUT2D eigenvalue weighted by atomic mass is 9.71. The summed E-state index contributed by atoms with van der Waals surface area (Å²) < 4.78 is 0. The lowest BCUT2D eigenvalue weighted by Gasteiger charge is -2.27. The molecule has 2 aliphatic carbocycles. The summed E-state index contributed by atoms with van der Waals surface area (Å²) >= 11 is 9.53. The van der Waals surface area contributed by atoms with E-state index in [2.05, 4.69) is 6.07 Å². The van der Waals surface area contributed by atoms with Crippen LogP contribution in [0.15, 0.2) is 96.6 Å². The Morgan fingerprint density at radius 3 is 2.07 bits per heavy atom. The quantitative estimate of drug-likeness (QED) is 0.629. The number of alkyl halides is 2. The van der Waals surface area contributed by atoms with Crippen LogP contribution in [-0.4, -0.2) is 11.2 Å². The summed E-state index contributed by atoms with van der Waals surface area (Å²) in [6.07, 6.45) is 9.60. The highest BCUT2D eigenvalue weighted by molar-refractivity contribution is 6.40. The minimum atomic E-state index is -1.46. The average molecular weight is 435 g/mol. The molecule has 0 unspecified atom stereocenters. The van der Waals surface area contributed by atoms with E-state index >= 15 is 0 Å². The molecule has 2 aliphatic rings. The van der Waals surface area contributed by atoms with E-state index < -0.39 is 17.2 Å². The molecule has 2 aromatic carbocycles. The Morgan fingerprint density at radius 1 is 0.967 bits per heavy atom. The fraction of sp³-hybridized carbons (Fsp3) is 0.120. The summed E-state index contributed by atoms with van der Waals surface area (Å²) in [5.74, 6) is -1.06. The van der Waals surface area contributed by atoms with Gasteiger partial charge in [0.15, 0.2) is 5.41 Å². The minimum absolute atomic E-state index is 0.194. The first-order valence-corrected chi connectivity index (χ1v) is 10.4. The molecular formula is C25H20Cl2N2O. The highest BCUT2D eigenvalue weighted by atomic mass is 35.5. The highest BCUT2D eigenvalue weighted by Gasteiger charge is 2.55. The first-order chi connectivity index (χ1) is 14.6. The number of nitrogens with two attached hydrogens (primary N) is 1. The number of rotatable bonds is 3. The van der Waals surface area contributed by atoms with Crippen molar-refractivity contribution in [2.75, 3.05) is 5.34 Å². The second-order valence-corrected chi connectivity index (χ2v) is 7.54. The second-order valence-electron chi connectivity index (χ2n) is 6.74. The molecule has 2 aromatic rings. The highest BCUT2D eigenvalue weighted by Crippen LogP contribution is 2.58. The van der Waals surface area contributed by atoms with Crippen LogP contribution in [0.25, 0.3) is 11.1 Å². The van der Waals surface area contributed by atoms with E-state index in [1.165, 1.54) is 0 Å². The Hall–Kier alpha value is -3.06. The van der Waals surface area contributed by atoms with Gasteiger partial charge in [0.2, 0.25) is 5.91 Å². The molecule has 2 atom stereocenters. The number of hydrogen-bond acceptors (Lipinski definition) is 2. The van der Waals surface area contributed by atoms with Gasteiger partial charge in [0, 0.05) is 5.92 Å². The van der Waals surface area contributed by atoms with Gasteiger partial charge in [-0.05, 0) is 27.8 Å². The van der Waals surface area contributed by atoms with Crippen molar-refractivity contribution in [2.45, 2.75) is 0 Å². The summed E-state index contributed by atoms with van der Waals surface area (Å²) in [6.45, 7) is 0. The van der Waals surface area contributed by atoms with E-state index in [1.54, 1.807) is 0 Å². The summed E-state index contributed by atoms with van der Waals surface area (Å²) in [5, 5.41) is 10.4. The molecule has 3 nitrogen and oxygen atoms in total. The summed E-state index contributed by atoms with van der Waals surface area (Å²) in [4.78, 5) is 12.8. The van der Waals surface area contributed by atoms with Crippen LogP contribution in [0.5, 0.6) is 0 Å². The van der Waals surface area contributed by atoms with Crippen LogP contribution in [0.2, 0.25) is 0 Å². The molecule has 0 saturated carbocycles. The molecule has 0 bridgehead atoms. The number of fused-ring (bicyclic) bond motifs is 1. The zero-order valence-corrected chi connectivity index (χ0v) is 17.6. The Kier molecular flexibility index (Phi) is 6.95. The predicted molar refractivity (Wildman–Crippen MR) is 123 cm³/mol. The third-order valence-corrected chi connectivity index (χ3v) is 5.23. The first kappa shape index (κ1) is 21.6. The van der Waals surface area contributed by atoms with Gasteiger partial charge in [-0.25, -0.2) is 0 Å². The Labute approximate surface area is 186 Å². The molecule has 150 valence electrons. The molecule has 4 rings (SSSR count). The van der Waals surface area contributed by atoms with Crippen molar-refractivity contribution in [3.8, 4) is 6.07 Å². The number of carbonyl (C=O) groups excluding carboxylic acids is 1. The van der Waals surface area contributed by atoms with Gasteiger partial charge in [-0.15, -0.1) is 23.2 Å². The molecule has 0 heterocycles. The normalized spacial score (nSPS) is 21.6. The van der Waals surface area contributed by atoms with Crippen LogP contribution < -0.4 is 5.73 Å². The van der Waals surface area contributed by atoms with Crippen LogP contribution in [0.3, 0.4) is 0 Å². The van der Waals surface area contributed by atoms with E-state index in [9.17, 15) is 10.1 Å². The largest absolute Gasteiger partial charge is 0.368 e. The molecule has 30 heavy (non-hydrogen) atoms. The van der Waals surface area contributed by atoms with Gasteiger partial charge in [0.25, 0.3) is 0 Å². The van der Waals surface area contributed by atoms with Crippen LogP contribution in [-0.2, 0) is 4.79 Å². The van der Waals surface area contributed by atoms with Crippen molar-refractivity contribution in [1.29, 1.82) is 5.26 Å². The summed E-state index contributed by atoms with van der Waals surface area (Å²) in [6, 6.07) is 21.8. The second kappa shape index (κ2) is 9.63. The van der Waals surface area contributed by atoms with Crippen molar-refractivity contribution < 1.29 is 4.79 Å². The lowest BCUT2D eigenvalue weighted by molar-refractivity contribution is -0.123. The molecule has 5 heteroatoms. The maximum atomic E-state index is 12.8. The number of carbonyl (C=O) groups is 1. The Bertz CT molecular complexity index is 1080.